The summed E-state index contributed by atoms with van der Waals surface area (Å²) in [5, 5.41) is 14.4. The first-order valence-corrected chi connectivity index (χ1v) is 5.96. The highest BCUT2D eigenvalue weighted by molar-refractivity contribution is 6.21. The molecule has 0 fully saturated rings. The molecule has 3 aromatic carbocycles. The third kappa shape index (κ3) is 1.12. The molecule has 1 heterocycles. The van der Waals surface area contributed by atoms with Crippen molar-refractivity contribution in [2.45, 2.75) is 0 Å². The van der Waals surface area contributed by atoms with Crippen LogP contribution in [-0.2, 0) is 0 Å². The van der Waals surface area contributed by atoms with Crippen molar-refractivity contribution in [2.24, 2.45) is 0 Å². The molecule has 0 aliphatic heterocycles. The van der Waals surface area contributed by atoms with Crippen LogP contribution in [0.3, 0.4) is 0 Å². The van der Waals surface area contributed by atoms with Gasteiger partial charge in [0, 0.05) is 27.2 Å². The summed E-state index contributed by atoms with van der Waals surface area (Å²) in [7, 11) is 0. The first-order valence-electron chi connectivity index (χ1n) is 5.96. The fourth-order valence-electron chi connectivity index (χ4n) is 2.70. The number of aromatic hydroxyl groups is 1. The van der Waals surface area contributed by atoms with Gasteiger partial charge in [0.15, 0.2) is 0 Å². The molecule has 2 N–H and O–H groups in total. The Kier molecular flexibility index (Phi) is 1.73. The Morgan fingerprint density at radius 1 is 0.722 bits per heavy atom. The SMILES string of the molecule is Oc1cccc2ccc3[nH]c4ccccc4c3c12. The summed E-state index contributed by atoms with van der Waals surface area (Å²) in [5.41, 5.74) is 2.16. The zero-order chi connectivity index (χ0) is 12.1. The van der Waals surface area contributed by atoms with E-state index in [2.05, 4.69) is 23.2 Å². The van der Waals surface area contributed by atoms with Crippen molar-refractivity contribution in [3.05, 3.63) is 54.6 Å². The van der Waals surface area contributed by atoms with Gasteiger partial charge < -0.3 is 10.1 Å². The molecule has 86 valence electrons. The van der Waals surface area contributed by atoms with Gasteiger partial charge in [0.2, 0.25) is 0 Å². The van der Waals surface area contributed by atoms with E-state index in [1.54, 1.807) is 6.07 Å². The van der Waals surface area contributed by atoms with E-state index < -0.39 is 0 Å². The number of rotatable bonds is 0. The lowest BCUT2D eigenvalue weighted by Gasteiger charge is -2.02. The number of phenolic OH excluding ortho intramolecular Hbond substituents is 1. The summed E-state index contributed by atoms with van der Waals surface area (Å²) in [6.45, 7) is 0. The zero-order valence-corrected chi connectivity index (χ0v) is 9.64. The lowest BCUT2D eigenvalue weighted by atomic mass is 10.0. The van der Waals surface area contributed by atoms with Crippen molar-refractivity contribution in [1.29, 1.82) is 0 Å². The highest BCUT2D eigenvalue weighted by atomic mass is 16.3. The number of aromatic nitrogens is 1. The maximum absolute atomic E-state index is 10.1. The maximum atomic E-state index is 10.1. The van der Waals surface area contributed by atoms with Gasteiger partial charge in [0.05, 0.1) is 0 Å². The molecule has 0 bridgehead atoms. The number of hydrogen-bond donors (Lipinski definition) is 2. The Labute approximate surface area is 103 Å². The van der Waals surface area contributed by atoms with E-state index in [1.165, 1.54) is 0 Å². The molecule has 2 nitrogen and oxygen atoms in total. The van der Waals surface area contributed by atoms with Gasteiger partial charge in [-0.05, 0) is 23.6 Å². The van der Waals surface area contributed by atoms with Crippen molar-refractivity contribution in [3.63, 3.8) is 0 Å². The van der Waals surface area contributed by atoms with E-state index in [1.807, 2.05) is 30.3 Å². The van der Waals surface area contributed by atoms with Gasteiger partial charge in [-0.3, -0.25) is 0 Å². The third-order valence-electron chi connectivity index (χ3n) is 3.49. The van der Waals surface area contributed by atoms with Crippen molar-refractivity contribution >= 4 is 32.6 Å². The molecule has 4 rings (SSSR count). The fraction of sp³-hybridized carbons (Fsp3) is 0. The first kappa shape index (κ1) is 9.54. The van der Waals surface area contributed by atoms with Gasteiger partial charge >= 0.3 is 0 Å². The second-order valence-corrected chi connectivity index (χ2v) is 4.53. The highest BCUT2D eigenvalue weighted by Gasteiger charge is 2.09. The quantitative estimate of drug-likeness (QED) is 0.469. The minimum Gasteiger partial charge on any atom is -0.507 e. The predicted octanol–water partition coefficient (Wildman–Crippen LogP) is 4.18. The van der Waals surface area contributed by atoms with E-state index in [0.29, 0.717) is 5.75 Å². The molecule has 0 amide bonds. The van der Waals surface area contributed by atoms with Crippen LogP contribution in [0.1, 0.15) is 0 Å². The summed E-state index contributed by atoms with van der Waals surface area (Å²) < 4.78 is 0. The molecule has 0 unspecified atom stereocenters. The summed E-state index contributed by atoms with van der Waals surface area (Å²) in [5.74, 6) is 0.336. The summed E-state index contributed by atoms with van der Waals surface area (Å²) in [4.78, 5) is 3.39. The minimum absolute atomic E-state index is 0.336. The molecule has 2 heteroatoms. The van der Waals surface area contributed by atoms with E-state index in [4.69, 9.17) is 0 Å². The standard InChI is InChI=1S/C16H11NO/c18-14-7-3-4-10-8-9-13-16(15(10)14)11-5-1-2-6-12(11)17-13/h1-9,17-18H. The lowest BCUT2D eigenvalue weighted by molar-refractivity contribution is 0.482. The van der Waals surface area contributed by atoms with Gasteiger partial charge in [0.1, 0.15) is 5.75 Å². The molecule has 0 aliphatic carbocycles. The predicted molar refractivity (Wildman–Crippen MR) is 75.0 cm³/mol. The molecule has 0 spiro atoms. The topological polar surface area (TPSA) is 36.0 Å². The van der Waals surface area contributed by atoms with Crippen LogP contribution in [0.4, 0.5) is 0 Å². The van der Waals surface area contributed by atoms with E-state index in [0.717, 1.165) is 32.6 Å². The molecule has 0 atom stereocenters. The fourth-order valence-corrected chi connectivity index (χ4v) is 2.70. The van der Waals surface area contributed by atoms with Crippen LogP contribution in [0.5, 0.6) is 5.75 Å². The van der Waals surface area contributed by atoms with Crippen LogP contribution in [0.25, 0.3) is 32.6 Å². The van der Waals surface area contributed by atoms with Crippen LogP contribution in [0.15, 0.2) is 54.6 Å². The molecule has 0 aliphatic rings. The van der Waals surface area contributed by atoms with Crippen LogP contribution in [0, 0.1) is 0 Å². The molecule has 0 saturated carbocycles. The Hall–Kier alpha value is -2.48. The Bertz CT molecular complexity index is 889. The summed E-state index contributed by atoms with van der Waals surface area (Å²) in [6, 6.07) is 17.9. The number of para-hydroxylation sites is 1. The van der Waals surface area contributed by atoms with Gasteiger partial charge in [-0.1, -0.05) is 36.4 Å². The van der Waals surface area contributed by atoms with Crippen molar-refractivity contribution in [3.8, 4) is 5.75 Å². The number of nitrogens with one attached hydrogen (secondary N) is 1. The van der Waals surface area contributed by atoms with Crippen LogP contribution < -0.4 is 0 Å². The van der Waals surface area contributed by atoms with Gasteiger partial charge in [-0.2, -0.15) is 0 Å². The Morgan fingerprint density at radius 2 is 1.61 bits per heavy atom. The van der Waals surface area contributed by atoms with Crippen molar-refractivity contribution in [1.82, 2.24) is 4.98 Å². The maximum Gasteiger partial charge on any atom is 0.124 e. The number of benzene rings is 3. The number of hydrogen-bond acceptors (Lipinski definition) is 1. The van der Waals surface area contributed by atoms with Crippen LogP contribution >= 0.6 is 0 Å². The van der Waals surface area contributed by atoms with Crippen LogP contribution in [-0.4, -0.2) is 10.1 Å². The molecule has 1 aromatic heterocycles. The number of H-pyrrole nitrogens is 1. The normalized spacial score (nSPS) is 11.6. The zero-order valence-electron chi connectivity index (χ0n) is 9.64. The average molecular weight is 233 g/mol. The number of aromatic amines is 1. The van der Waals surface area contributed by atoms with E-state index in [-0.39, 0.29) is 0 Å². The largest absolute Gasteiger partial charge is 0.507 e. The Morgan fingerprint density at radius 3 is 2.56 bits per heavy atom. The number of phenols is 1. The van der Waals surface area contributed by atoms with E-state index in [9.17, 15) is 5.11 Å². The average Bonchev–Trinajstić information content (AvgIpc) is 2.77. The van der Waals surface area contributed by atoms with Gasteiger partial charge in [-0.15, -0.1) is 0 Å². The van der Waals surface area contributed by atoms with E-state index >= 15 is 0 Å². The molecular weight excluding hydrogens is 222 g/mol. The molecule has 4 aromatic rings. The molecule has 0 saturated heterocycles. The van der Waals surface area contributed by atoms with Crippen molar-refractivity contribution < 1.29 is 5.11 Å². The minimum atomic E-state index is 0.336. The second kappa shape index (κ2) is 3.26. The number of fused-ring (bicyclic) bond motifs is 5. The third-order valence-corrected chi connectivity index (χ3v) is 3.49. The van der Waals surface area contributed by atoms with Gasteiger partial charge in [0.25, 0.3) is 0 Å². The van der Waals surface area contributed by atoms with Gasteiger partial charge in [-0.25, -0.2) is 0 Å². The second-order valence-electron chi connectivity index (χ2n) is 4.53. The summed E-state index contributed by atoms with van der Waals surface area (Å²) in [6.07, 6.45) is 0. The summed E-state index contributed by atoms with van der Waals surface area (Å²) >= 11 is 0. The molecular formula is C16H11NO. The highest BCUT2D eigenvalue weighted by Crippen LogP contribution is 2.36. The van der Waals surface area contributed by atoms with Crippen molar-refractivity contribution in [2.75, 3.05) is 0 Å². The Balaban J connectivity index is 2.40. The van der Waals surface area contributed by atoms with Crippen LogP contribution in [0.2, 0.25) is 0 Å². The molecule has 0 radical (unpaired) electrons. The smallest absolute Gasteiger partial charge is 0.124 e. The lowest BCUT2D eigenvalue weighted by Crippen LogP contribution is -1.76. The molecule has 18 heavy (non-hydrogen) atoms. The monoisotopic (exact) mass is 233 g/mol. The first-order chi connectivity index (χ1) is 8.84.